The van der Waals surface area contributed by atoms with E-state index in [9.17, 15) is 10.1 Å². The maximum atomic E-state index is 12.2. The molecular formula is C34H37N5O4. The second kappa shape index (κ2) is 12.9. The first-order chi connectivity index (χ1) is 21.0. The number of benzene rings is 2. The molecule has 2 aliphatic rings. The molecule has 0 unspecified atom stereocenters. The molecule has 0 radical (unpaired) electrons. The van der Waals surface area contributed by atoms with Crippen LogP contribution in [0.5, 0.6) is 5.75 Å². The smallest absolute Gasteiger partial charge is 0.337 e. The molecule has 2 saturated heterocycles. The normalized spacial score (nSPS) is 17.4. The van der Waals surface area contributed by atoms with Gasteiger partial charge in [0, 0.05) is 12.3 Å². The van der Waals surface area contributed by atoms with Gasteiger partial charge < -0.3 is 18.8 Å². The number of aromatic nitrogens is 3. The van der Waals surface area contributed by atoms with Crippen LogP contribution in [0.1, 0.15) is 58.0 Å². The summed E-state index contributed by atoms with van der Waals surface area (Å²) >= 11 is 0. The highest BCUT2D eigenvalue weighted by Crippen LogP contribution is 2.27. The number of methoxy groups -OCH3 is 1. The lowest BCUT2D eigenvalue weighted by atomic mass is 9.92. The number of rotatable bonds is 10. The van der Waals surface area contributed by atoms with Crippen molar-refractivity contribution in [2.24, 2.45) is 5.92 Å². The molecule has 0 bridgehead atoms. The summed E-state index contributed by atoms with van der Waals surface area (Å²) in [6.45, 7) is 6.58. The largest absolute Gasteiger partial charge is 0.486 e. The van der Waals surface area contributed by atoms with Crippen molar-refractivity contribution < 1.29 is 19.0 Å². The van der Waals surface area contributed by atoms with Gasteiger partial charge in [0.05, 0.1) is 54.2 Å². The Morgan fingerprint density at radius 1 is 1.07 bits per heavy atom. The summed E-state index contributed by atoms with van der Waals surface area (Å²) < 4.78 is 18.9. The Balaban J connectivity index is 1.07. The van der Waals surface area contributed by atoms with Crippen molar-refractivity contribution in [2.45, 2.75) is 58.4 Å². The molecule has 0 N–H and O–H groups in total. The van der Waals surface area contributed by atoms with E-state index in [-0.39, 0.29) is 12.1 Å². The lowest BCUT2D eigenvalue weighted by Gasteiger charge is -2.32. The van der Waals surface area contributed by atoms with Crippen molar-refractivity contribution in [3.05, 3.63) is 88.5 Å². The zero-order valence-corrected chi connectivity index (χ0v) is 24.8. The van der Waals surface area contributed by atoms with Gasteiger partial charge in [0.1, 0.15) is 24.3 Å². The molecule has 4 aromatic rings. The lowest BCUT2D eigenvalue weighted by molar-refractivity contribution is -0.0592. The van der Waals surface area contributed by atoms with E-state index in [2.05, 4.69) is 21.6 Å². The van der Waals surface area contributed by atoms with Gasteiger partial charge in [-0.1, -0.05) is 12.1 Å². The van der Waals surface area contributed by atoms with Crippen LogP contribution in [-0.2, 0) is 35.6 Å². The fourth-order valence-electron chi connectivity index (χ4n) is 5.95. The van der Waals surface area contributed by atoms with Gasteiger partial charge in [0.25, 0.3) is 0 Å². The zero-order valence-electron chi connectivity index (χ0n) is 24.8. The van der Waals surface area contributed by atoms with Crippen LogP contribution >= 0.6 is 0 Å². The summed E-state index contributed by atoms with van der Waals surface area (Å²) in [5.74, 6) is 1.82. The van der Waals surface area contributed by atoms with E-state index >= 15 is 0 Å². The first-order valence-electron chi connectivity index (χ1n) is 15.0. The van der Waals surface area contributed by atoms with Crippen molar-refractivity contribution in [3.8, 4) is 11.8 Å². The van der Waals surface area contributed by atoms with Gasteiger partial charge in [0.2, 0.25) is 0 Å². The minimum Gasteiger partial charge on any atom is -0.486 e. The van der Waals surface area contributed by atoms with Crippen LogP contribution in [-0.4, -0.2) is 58.3 Å². The number of hydrogen-bond acceptors (Lipinski definition) is 8. The first kappa shape index (κ1) is 28.8. The molecule has 4 heterocycles. The van der Waals surface area contributed by atoms with Crippen LogP contribution in [0.3, 0.4) is 0 Å². The van der Waals surface area contributed by atoms with Crippen LogP contribution in [0.15, 0.2) is 54.6 Å². The van der Waals surface area contributed by atoms with Crippen molar-refractivity contribution in [1.82, 2.24) is 19.4 Å². The molecule has 43 heavy (non-hydrogen) atoms. The number of nitriles is 1. The highest BCUT2D eigenvalue weighted by atomic mass is 16.5. The Morgan fingerprint density at radius 2 is 1.88 bits per heavy atom. The molecule has 9 heteroatoms. The second-order valence-electron chi connectivity index (χ2n) is 11.6. The van der Waals surface area contributed by atoms with Gasteiger partial charge in [-0.15, -0.1) is 0 Å². The summed E-state index contributed by atoms with van der Waals surface area (Å²) in [4.78, 5) is 24.5. The summed E-state index contributed by atoms with van der Waals surface area (Å²) in [5, 5.41) is 9.42. The number of fused-ring (bicyclic) bond motifs is 1. The van der Waals surface area contributed by atoms with Crippen molar-refractivity contribution in [3.63, 3.8) is 0 Å². The van der Waals surface area contributed by atoms with Gasteiger partial charge in [-0.25, -0.2) is 9.78 Å². The van der Waals surface area contributed by atoms with Crippen molar-refractivity contribution >= 4 is 17.0 Å². The molecule has 222 valence electrons. The molecule has 2 aromatic carbocycles. The van der Waals surface area contributed by atoms with Crippen molar-refractivity contribution in [1.29, 1.82) is 5.26 Å². The number of hydrogen-bond donors (Lipinski definition) is 0. The Kier molecular flexibility index (Phi) is 8.68. The molecule has 0 amide bonds. The van der Waals surface area contributed by atoms with E-state index in [1.54, 1.807) is 6.07 Å². The highest BCUT2D eigenvalue weighted by Gasteiger charge is 2.25. The molecule has 2 aliphatic heterocycles. The number of esters is 1. The van der Waals surface area contributed by atoms with Crippen LogP contribution < -0.4 is 4.74 Å². The van der Waals surface area contributed by atoms with Gasteiger partial charge in [0.15, 0.2) is 0 Å². The number of aryl methyl sites for hydroxylation is 1. The topological polar surface area (TPSA) is 102 Å². The third kappa shape index (κ3) is 6.71. The van der Waals surface area contributed by atoms with Crippen LogP contribution in [0.4, 0.5) is 0 Å². The predicted molar refractivity (Wildman–Crippen MR) is 162 cm³/mol. The van der Waals surface area contributed by atoms with E-state index in [0.717, 1.165) is 92.3 Å². The number of ether oxygens (including phenoxy) is 3. The molecule has 0 saturated carbocycles. The summed E-state index contributed by atoms with van der Waals surface area (Å²) in [6, 6.07) is 19.5. The Labute approximate surface area is 252 Å². The maximum absolute atomic E-state index is 12.2. The van der Waals surface area contributed by atoms with E-state index in [4.69, 9.17) is 24.2 Å². The standard InChI is InChI=1S/C34H37N5O4/c1-23-6-9-32(26(16-23)19-35)43-22-28-5-3-4-27(36-28)17-24-10-13-38(14-11-24)21-33-37-30-8-7-25(34(40)41-2)18-31(30)39(33)20-29-12-15-42-29/h3-9,16,18,24,29H,10-15,17,20-22H2,1-2H3/t29-/m0/s1. The minimum atomic E-state index is -0.342. The first-order valence-corrected chi connectivity index (χ1v) is 15.0. The molecule has 9 nitrogen and oxygen atoms in total. The number of imidazole rings is 1. The highest BCUT2D eigenvalue weighted by molar-refractivity contribution is 5.93. The van der Waals surface area contributed by atoms with E-state index in [1.807, 2.05) is 49.4 Å². The average Bonchev–Trinajstić information content (AvgIpc) is 3.34. The minimum absolute atomic E-state index is 0.183. The molecule has 1 atom stereocenters. The van der Waals surface area contributed by atoms with E-state index in [0.29, 0.717) is 29.4 Å². The van der Waals surface area contributed by atoms with Gasteiger partial charge >= 0.3 is 5.97 Å². The van der Waals surface area contributed by atoms with Gasteiger partial charge in [-0.05, 0) is 99.6 Å². The quantitative estimate of drug-likeness (QED) is 0.236. The summed E-state index contributed by atoms with van der Waals surface area (Å²) in [6.07, 6.45) is 4.34. The average molecular weight is 580 g/mol. The number of carbonyl (C=O) groups is 1. The Morgan fingerprint density at radius 3 is 2.63 bits per heavy atom. The van der Waals surface area contributed by atoms with Crippen LogP contribution in [0.25, 0.3) is 11.0 Å². The van der Waals surface area contributed by atoms with Gasteiger partial charge in [-0.2, -0.15) is 5.26 Å². The summed E-state index contributed by atoms with van der Waals surface area (Å²) in [5.41, 5.74) is 5.88. The SMILES string of the molecule is COC(=O)c1ccc2nc(CN3CCC(Cc4cccc(COc5ccc(C)cc5C#N)n4)CC3)n(C[C@@H]3CCO3)c2c1. The van der Waals surface area contributed by atoms with E-state index < -0.39 is 0 Å². The Bertz CT molecular complexity index is 1650. The fourth-order valence-corrected chi connectivity index (χ4v) is 5.95. The number of nitrogens with zero attached hydrogens (tertiary/aromatic N) is 5. The maximum Gasteiger partial charge on any atom is 0.337 e. The second-order valence-corrected chi connectivity index (χ2v) is 11.6. The monoisotopic (exact) mass is 579 g/mol. The molecule has 0 aliphatic carbocycles. The third-order valence-electron chi connectivity index (χ3n) is 8.49. The number of carbonyl (C=O) groups excluding carboxylic acids is 1. The van der Waals surface area contributed by atoms with Crippen LogP contribution in [0, 0.1) is 24.2 Å². The zero-order chi connectivity index (χ0) is 29.8. The fraction of sp³-hybridized carbons (Fsp3) is 0.412. The molecule has 2 fully saturated rings. The number of likely N-dealkylation sites (tertiary alicyclic amines) is 1. The number of pyridine rings is 1. The predicted octanol–water partition coefficient (Wildman–Crippen LogP) is 5.22. The number of piperidine rings is 1. The summed E-state index contributed by atoms with van der Waals surface area (Å²) in [7, 11) is 1.40. The molecule has 0 spiro atoms. The molecule has 6 rings (SSSR count). The lowest BCUT2D eigenvalue weighted by Crippen LogP contribution is -2.36. The van der Waals surface area contributed by atoms with Crippen LogP contribution in [0.2, 0.25) is 0 Å². The molecular weight excluding hydrogens is 542 g/mol. The van der Waals surface area contributed by atoms with E-state index in [1.165, 1.54) is 7.11 Å². The molecule has 2 aromatic heterocycles. The Hall–Kier alpha value is -4.26. The van der Waals surface area contributed by atoms with Gasteiger partial charge in [-0.3, -0.25) is 9.88 Å². The van der Waals surface area contributed by atoms with Crippen molar-refractivity contribution in [2.75, 3.05) is 26.8 Å². The third-order valence-corrected chi connectivity index (χ3v) is 8.49.